The lowest BCUT2D eigenvalue weighted by atomic mass is 10.6. The summed E-state index contributed by atoms with van der Waals surface area (Å²) in [5, 5.41) is 8.19. The van der Waals surface area contributed by atoms with Crippen molar-refractivity contribution in [3.05, 3.63) is 12.3 Å². The molecule has 0 radical (unpaired) electrons. The van der Waals surface area contributed by atoms with Gasteiger partial charge in [0.15, 0.2) is 0 Å². The first-order chi connectivity index (χ1) is 3.68. The molecule has 0 aliphatic rings. The Morgan fingerprint density at radius 3 is 2.38 bits per heavy atom. The van der Waals surface area contributed by atoms with Crippen molar-refractivity contribution in [3.8, 4) is 0 Å². The number of hydrogen-bond acceptors (Lipinski definition) is 1. The summed E-state index contributed by atoms with van der Waals surface area (Å²) in [5.41, 5.74) is 0. The standard InChI is InChI=1S/C5H9NO2/c1-3-4-6(2)5(7)8/h3-4H,1-2H3,(H,7,8). The van der Waals surface area contributed by atoms with Gasteiger partial charge in [-0.1, -0.05) is 6.08 Å². The van der Waals surface area contributed by atoms with Gasteiger partial charge in [-0.15, -0.1) is 0 Å². The second-order valence-corrected chi connectivity index (χ2v) is 1.38. The Balaban J connectivity index is 3.64. The third-order valence-corrected chi connectivity index (χ3v) is 0.674. The lowest BCUT2D eigenvalue weighted by Gasteiger charge is -2.03. The van der Waals surface area contributed by atoms with E-state index >= 15 is 0 Å². The fraction of sp³-hybridized carbons (Fsp3) is 0.400. The largest absolute Gasteiger partial charge is 0.465 e. The molecular formula is C5H9NO2. The second kappa shape index (κ2) is 3.07. The number of allylic oxidation sites excluding steroid dienone is 1. The molecule has 1 N–H and O–H groups in total. The van der Waals surface area contributed by atoms with E-state index in [4.69, 9.17) is 5.11 Å². The van der Waals surface area contributed by atoms with E-state index in [1.807, 2.05) is 0 Å². The summed E-state index contributed by atoms with van der Waals surface area (Å²) in [6.45, 7) is 1.76. The highest BCUT2D eigenvalue weighted by atomic mass is 16.4. The van der Waals surface area contributed by atoms with Gasteiger partial charge in [0.05, 0.1) is 0 Å². The highest BCUT2D eigenvalue weighted by Crippen LogP contribution is 1.82. The monoisotopic (exact) mass is 115 g/mol. The molecule has 0 saturated carbocycles. The summed E-state index contributed by atoms with van der Waals surface area (Å²) < 4.78 is 0. The summed E-state index contributed by atoms with van der Waals surface area (Å²) in [4.78, 5) is 11.0. The highest BCUT2D eigenvalue weighted by Gasteiger charge is 1.96. The average molecular weight is 115 g/mol. The Morgan fingerprint density at radius 1 is 1.75 bits per heavy atom. The maximum Gasteiger partial charge on any atom is 0.411 e. The third-order valence-electron chi connectivity index (χ3n) is 0.674. The molecule has 0 heterocycles. The fourth-order valence-electron chi connectivity index (χ4n) is 0.287. The molecule has 0 unspecified atom stereocenters. The number of amides is 1. The molecule has 0 rings (SSSR count). The van der Waals surface area contributed by atoms with Gasteiger partial charge in [-0.05, 0) is 6.92 Å². The molecule has 0 aliphatic heterocycles. The van der Waals surface area contributed by atoms with Gasteiger partial charge in [-0.2, -0.15) is 0 Å². The van der Waals surface area contributed by atoms with Crippen molar-refractivity contribution < 1.29 is 9.90 Å². The van der Waals surface area contributed by atoms with Crippen LogP contribution in [0.3, 0.4) is 0 Å². The Kier molecular flexibility index (Phi) is 2.69. The quantitative estimate of drug-likeness (QED) is 0.556. The predicted octanol–water partition coefficient (Wildman–Crippen LogP) is 1.13. The van der Waals surface area contributed by atoms with Crippen LogP contribution in [0.15, 0.2) is 12.3 Å². The summed E-state index contributed by atoms with van der Waals surface area (Å²) in [6, 6.07) is 0. The second-order valence-electron chi connectivity index (χ2n) is 1.38. The van der Waals surface area contributed by atoms with Crippen molar-refractivity contribution in [2.45, 2.75) is 6.92 Å². The van der Waals surface area contributed by atoms with Gasteiger partial charge in [-0.3, -0.25) is 4.90 Å². The van der Waals surface area contributed by atoms with E-state index in [1.54, 1.807) is 13.0 Å². The van der Waals surface area contributed by atoms with E-state index in [2.05, 4.69) is 0 Å². The Morgan fingerprint density at radius 2 is 2.25 bits per heavy atom. The van der Waals surface area contributed by atoms with Gasteiger partial charge in [0, 0.05) is 13.2 Å². The lowest BCUT2D eigenvalue weighted by molar-refractivity contribution is 0.170. The predicted molar refractivity (Wildman–Crippen MR) is 30.6 cm³/mol. The van der Waals surface area contributed by atoms with E-state index in [0.29, 0.717) is 0 Å². The number of hydrogen-bond donors (Lipinski definition) is 1. The molecule has 8 heavy (non-hydrogen) atoms. The third kappa shape index (κ3) is 2.23. The van der Waals surface area contributed by atoms with Crippen LogP contribution in [0.2, 0.25) is 0 Å². The summed E-state index contributed by atoms with van der Waals surface area (Å²) in [5.74, 6) is 0. The van der Waals surface area contributed by atoms with Crippen molar-refractivity contribution in [3.63, 3.8) is 0 Å². The Labute approximate surface area is 48.2 Å². The average Bonchev–Trinajstić information content (AvgIpc) is 1.67. The maximum absolute atomic E-state index is 9.96. The fourth-order valence-corrected chi connectivity index (χ4v) is 0.287. The normalized spacial score (nSPS) is 9.75. The van der Waals surface area contributed by atoms with Crippen LogP contribution in [0, 0.1) is 0 Å². The summed E-state index contributed by atoms with van der Waals surface area (Å²) >= 11 is 0. The lowest BCUT2D eigenvalue weighted by Crippen LogP contribution is -2.17. The molecule has 3 heteroatoms. The van der Waals surface area contributed by atoms with Crippen LogP contribution in [0.25, 0.3) is 0 Å². The van der Waals surface area contributed by atoms with Gasteiger partial charge in [-0.25, -0.2) is 4.79 Å². The van der Waals surface area contributed by atoms with Gasteiger partial charge in [0.2, 0.25) is 0 Å². The number of carbonyl (C=O) groups is 1. The maximum atomic E-state index is 9.96. The minimum Gasteiger partial charge on any atom is -0.465 e. The zero-order chi connectivity index (χ0) is 6.57. The van der Waals surface area contributed by atoms with Gasteiger partial charge < -0.3 is 5.11 Å². The first kappa shape index (κ1) is 7.01. The van der Waals surface area contributed by atoms with Crippen LogP contribution in [0.5, 0.6) is 0 Å². The molecule has 0 aliphatic carbocycles. The number of nitrogens with zero attached hydrogens (tertiary/aromatic N) is 1. The van der Waals surface area contributed by atoms with E-state index < -0.39 is 6.09 Å². The van der Waals surface area contributed by atoms with E-state index in [1.165, 1.54) is 13.2 Å². The molecule has 1 amide bonds. The molecule has 0 fully saturated rings. The van der Waals surface area contributed by atoms with Crippen LogP contribution < -0.4 is 0 Å². The van der Waals surface area contributed by atoms with Crippen molar-refractivity contribution in [1.82, 2.24) is 4.90 Å². The highest BCUT2D eigenvalue weighted by molar-refractivity contribution is 5.65. The van der Waals surface area contributed by atoms with Crippen LogP contribution in [-0.2, 0) is 0 Å². The molecule has 0 aromatic heterocycles. The SMILES string of the molecule is CC=CN(C)C(=O)O. The van der Waals surface area contributed by atoms with E-state index in [-0.39, 0.29) is 0 Å². The Hall–Kier alpha value is -0.990. The molecule has 0 saturated heterocycles. The van der Waals surface area contributed by atoms with Crippen LogP contribution in [0.4, 0.5) is 4.79 Å². The van der Waals surface area contributed by atoms with Crippen LogP contribution in [0.1, 0.15) is 6.92 Å². The first-order valence-corrected chi connectivity index (χ1v) is 2.27. The van der Waals surface area contributed by atoms with Gasteiger partial charge in [0.25, 0.3) is 0 Å². The van der Waals surface area contributed by atoms with E-state index in [0.717, 1.165) is 4.90 Å². The van der Waals surface area contributed by atoms with Crippen LogP contribution in [-0.4, -0.2) is 23.1 Å². The molecule has 0 atom stereocenters. The van der Waals surface area contributed by atoms with Gasteiger partial charge >= 0.3 is 6.09 Å². The van der Waals surface area contributed by atoms with Crippen molar-refractivity contribution >= 4 is 6.09 Å². The van der Waals surface area contributed by atoms with Crippen LogP contribution >= 0.6 is 0 Å². The van der Waals surface area contributed by atoms with Crippen molar-refractivity contribution in [2.24, 2.45) is 0 Å². The Bertz CT molecular complexity index is 109. The van der Waals surface area contributed by atoms with Crippen molar-refractivity contribution in [1.29, 1.82) is 0 Å². The van der Waals surface area contributed by atoms with Crippen molar-refractivity contribution in [2.75, 3.05) is 7.05 Å². The van der Waals surface area contributed by atoms with E-state index in [9.17, 15) is 4.79 Å². The minimum atomic E-state index is -0.942. The molecule has 0 aromatic rings. The minimum absolute atomic E-state index is 0.942. The number of rotatable bonds is 1. The summed E-state index contributed by atoms with van der Waals surface area (Å²) in [6.07, 6.45) is 2.19. The summed E-state index contributed by atoms with van der Waals surface area (Å²) in [7, 11) is 1.47. The molecule has 0 aromatic carbocycles. The topological polar surface area (TPSA) is 40.5 Å². The zero-order valence-corrected chi connectivity index (χ0v) is 4.96. The molecule has 0 bridgehead atoms. The number of carboxylic acid groups (broad SMARTS) is 1. The smallest absolute Gasteiger partial charge is 0.411 e. The molecule has 0 spiro atoms. The first-order valence-electron chi connectivity index (χ1n) is 2.27. The molecule has 46 valence electrons. The molecule has 3 nitrogen and oxygen atoms in total. The zero-order valence-electron chi connectivity index (χ0n) is 4.96. The molecular weight excluding hydrogens is 106 g/mol. The van der Waals surface area contributed by atoms with Gasteiger partial charge in [0.1, 0.15) is 0 Å².